The van der Waals surface area contributed by atoms with Gasteiger partial charge < -0.3 is 10.5 Å². The second-order valence-electron chi connectivity index (χ2n) is 6.42. The van der Waals surface area contributed by atoms with Crippen LogP contribution in [0.25, 0.3) is 0 Å². The van der Waals surface area contributed by atoms with Crippen LogP contribution in [0, 0.1) is 17.8 Å². The predicted molar refractivity (Wildman–Crippen MR) is 112 cm³/mol. The molecule has 0 unspecified atom stereocenters. The van der Waals surface area contributed by atoms with Crippen LogP contribution in [-0.2, 0) is 9.59 Å². The number of hydrogen-bond donors (Lipinski definition) is 1. The summed E-state index contributed by atoms with van der Waals surface area (Å²) in [4.78, 5) is 21.2. The molecule has 0 aromatic carbocycles. The van der Waals surface area contributed by atoms with E-state index in [9.17, 15) is 9.59 Å². The number of hydrogen-bond acceptors (Lipinski definition) is 2. The molecule has 1 saturated carbocycles. The molecule has 3 heteroatoms. The summed E-state index contributed by atoms with van der Waals surface area (Å²) >= 11 is 0. The molecule has 0 spiro atoms. The highest BCUT2D eigenvalue weighted by atomic mass is 16.1. The van der Waals surface area contributed by atoms with Gasteiger partial charge >= 0.3 is 0 Å². The Morgan fingerprint density at radius 3 is 1.80 bits per heavy atom. The molecule has 0 radical (unpaired) electrons. The molecular formula is C22H47NO2. The molecule has 0 heterocycles. The summed E-state index contributed by atoms with van der Waals surface area (Å²) < 4.78 is 0. The maximum absolute atomic E-state index is 10.6. The van der Waals surface area contributed by atoms with Gasteiger partial charge in [-0.3, -0.25) is 4.79 Å². The minimum absolute atomic E-state index is 0.138. The van der Waals surface area contributed by atoms with Crippen molar-refractivity contribution in [2.24, 2.45) is 23.5 Å². The zero-order chi connectivity index (χ0) is 20.1. The first-order chi connectivity index (χ1) is 12.1. The summed E-state index contributed by atoms with van der Waals surface area (Å²) in [6.45, 7) is 14.8. The van der Waals surface area contributed by atoms with E-state index in [4.69, 9.17) is 5.73 Å². The number of carbonyl (C=O) groups excluding carboxylic acids is 2. The third-order valence-corrected chi connectivity index (χ3v) is 4.62. The molecule has 0 saturated heterocycles. The Labute approximate surface area is 158 Å². The molecular weight excluding hydrogens is 310 g/mol. The lowest BCUT2D eigenvalue weighted by atomic mass is 9.92. The van der Waals surface area contributed by atoms with Crippen molar-refractivity contribution in [2.75, 3.05) is 0 Å². The molecule has 0 aliphatic heterocycles. The summed E-state index contributed by atoms with van der Waals surface area (Å²) in [6, 6.07) is 0. The van der Waals surface area contributed by atoms with Crippen LogP contribution in [0.5, 0.6) is 0 Å². The summed E-state index contributed by atoms with van der Waals surface area (Å²) in [5.41, 5.74) is 5.05. The van der Waals surface area contributed by atoms with Gasteiger partial charge in [-0.25, -0.2) is 0 Å². The van der Waals surface area contributed by atoms with Crippen molar-refractivity contribution in [3.8, 4) is 0 Å². The first-order valence-corrected chi connectivity index (χ1v) is 10.8. The van der Waals surface area contributed by atoms with Gasteiger partial charge in [0.15, 0.2) is 0 Å². The van der Waals surface area contributed by atoms with E-state index < -0.39 is 0 Å². The molecule has 3 nitrogen and oxygen atoms in total. The minimum atomic E-state index is -0.366. The van der Waals surface area contributed by atoms with Crippen LogP contribution in [-0.4, -0.2) is 12.2 Å². The largest absolute Gasteiger partial charge is 0.370 e. The van der Waals surface area contributed by atoms with Gasteiger partial charge in [0.1, 0.15) is 6.29 Å². The van der Waals surface area contributed by atoms with E-state index in [-0.39, 0.29) is 18.2 Å². The van der Waals surface area contributed by atoms with E-state index in [1.54, 1.807) is 0 Å². The quantitative estimate of drug-likeness (QED) is 0.477. The molecule has 2 N–H and O–H groups in total. The summed E-state index contributed by atoms with van der Waals surface area (Å²) in [7, 11) is 0. The topological polar surface area (TPSA) is 60.2 Å². The van der Waals surface area contributed by atoms with Gasteiger partial charge in [-0.05, 0) is 18.3 Å². The zero-order valence-corrected chi connectivity index (χ0v) is 18.3. The second kappa shape index (κ2) is 23.1. The SMILES string of the molecule is CC.CC.CCCC(CC)CC.NC(=O)C[C@H](C=O)CC1CCCC1. The molecule has 152 valence electrons. The molecule has 1 amide bonds. The van der Waals surface area contributed by atoms with Crippen molar-refractivity contribution in [3.63, 3.8) is 0 Å². The average molecular weight is 358 g/mol. The van der Waals surface area contributed by atoms with Crippen LogP contribution < -0.4 is 5.73 Å². The highest BCUT2D eigenvalue weighted by molar-refractivity contribution is 5.77. The number of aldehydes is 1. The van der Waals surface area contributed by atoms with Gasteiger partial charge in [-0.1, -0.05) is 99.8 Å². The Balaban J connectivity index is -0.000000348. The van der Waals surface area contributed by atoms with Gasteiger partial charge in [0.2, 0.25) is 5.91 Å². The van der Waals surface area contributed by atoms with Crippen molar-refractivity contribution >= 4 is 12.2 Å². The lowest BCUT2D eigenvalue weighted by molar-refractivity contribution is -0.122. The third kappa shape index (κ3) is 19.3. The van der Waals surface area contributed by atoms with E-state index in [1.807, 2.05) is 27.7 Å². The highest BCUT2D eigenvalue weighted by Gasteiger charge is 2.20. The van der Waals surface area contributed by atoms with Gasteiger partial charge in [0.25, 0.3) is 0 Å². The Kier molecular flexibility index (Phi) is 26.8. The van der Waals surface area contributed by atoms with Crippen LogP contribution in [0.15, 0.2) is 0 Å². The summed E-state index contributed by atoms with van der Waals surface area (Å²) in [6.07, 6.45) is 12.4. The molecule has 1 atom stereocenters. The van der Waals surface area contributed by atoms with Crippen molar-refractivity contribution in [2.45, 2.75) is 113 Å². The normalized spacial score (nSPS) is 14.2. The van der Waals surface area contributed by atoms with Crippen LogP contribution in [0.4, 0.5) is 0 Å². The smallest absolute Gasteiger partial charge is 0.218 e. The van der Waals surface area contributed by atoms with E-state index in [0.717, 1.165) is 18.6 Å². The van der Waals surface area contributed by atoms with Crippen molar-refractivity contribution in [3.05, 3.63) is 0 Å². The fourth-order valence-corrected chi connectivity index (χ4v) is 3.22. The van der Waals surface area contributed by atoms with Crippen molar-refractivity contribution in [1.82, 2.24) is 0 Å². The molecule has 1 rings (SSSR count). The maximum Gasteiger partial charge on any atom is 0.218 e. The van der Waals surface area contributed by atoms with E-state index in [2.05, 4.69) is 20.8 Å². The third-order valence-electron chi connectivity index (χ3n) is 4.62. The molecule has 0 aromatic heterocycles. The molecule has 0 aromatic rings. The fraction of sp³-hybridized carbons (Fsp3) is 0.909. The number of amides is 1. The van der Waals surface area contributed by atoms with Crippen molar-refractivity contribution in [1.29, 1.82) is 0 Å². The van der Waals surface area contributed by atoms with E-state index in [1.165, 1.54) is 51.4 Å². The van der Waals surface area contributed by atoms with Crippen LogP contribution in [0.1, 0.15) is 113 Å². The molecule has 1 aliphatic carbocycles. The van der Waals surface area contributed by atoms with E-state index in [0.29, 0.717) is 5.92 Å². The lowest BCUT2D eigenvalue weighted by Gasteiger charge is -2.12. The molecule has 1 aliphatic rings. The molecule has 0 bridgehead atoms. The first-order valence-electron chi connectivity index (χ1n) is 10.8. The van der Waals surface area contributed by atoms with Crippen LogP contribution in [0.2, 0.25) is 0 Å². The van der Waals surface area contributed by atoms with Gasteiger partial charge in [0.05, 0.1) is 0 Å². The van der Waals surface area contributed by atoms with Gasteiger partial charge in [-0.15, -0.1) is 0 Å². The minimum Gasteiger partial charge on any atom is -0.370 e. The zero-order valence-electron chi connectivity index (χ0n) is 18.3. The maximum atomic E-state index is 10.6. The Morgan fingerprint density at radius 1 is 1.04 bits per heavy atom. The number of nitrogens with two attached hydrogens (primary N) is 1. The summed E-state index contributed by atoms with van der Waals surface area (Å²) in [5.74, 6) is 1.14. The number of rotatable bonds is 9. The highest BCUT2D eigenvalue weighted by Crippen LogP contribution is 2.30. The van der Waals surface area contributed by atoms with Gasteiger partial charge in [-0.2, -0.15) is 0 Å². The number of carbonyl (C=O) groups is 2. The van der Waals surface area contributed by atoms with Gasteiger partial charge in [0, 0.05) is 12.3 Å². The standard InChI is InChI=1S/C10H17NO2.C8H18.2C2H6/c11-10(13)6-9(7-12)5-8-3-1-2-4-8;1-4-7-8(5-2)6-3;2*1-2/h7-9H,1-6H2,(H2,11,13);8H,4-7H2,1-3H3;2*1-2H3/t9-;;;/m1.../s1. The monoisotopic (exact) mass is 357 g/mol. The fourth-order valence-electron chi connectivity index (χ4n) is 3.22. The predicted octanol–water partition coefficient (Wildman–Crippen LogP) is 6.53. The lowest BCUT2D eigenvalue weighted by Crippen LogP contribution is -2.19. The Hall–Kier alpha value is -0.860. The first kappa shape index (κ1) is 28.9. The van der Waals surface area contributed by atoms with Crippen LogP contribution >= 0.6 is 0 Å². The average Bonchev–Trinajstić information content (AvgIpc) is 3.15. The van der Waals surface area contributed by atoms with Crippen molar-refractivity contribution < 1.29 is 9.59 Å². The van der Waals surface area contributed by atoms with Crippen LogP contribution in [0.3, 0.4) is 0 Å². The Morgan fingerprint density at radius 2 is 1.52 bits per heavy atom. The number of primary amides is 1. The second-order valence-corrected chi connectivity index (χ2v) is 6.42. The molecule has 1 fully saturated rings. The molecule has 25 heavy (non-hydrogen) atoms. The Bertz CT molecular complexity index is 269. The van der Waals surface area contributed by atoms with E-state index >= 15 is 0 Å². The summed E-state index contributed by atoms with van der Waals surface area (Å²) in [5, 5.41) is 0.